The molecule has 3 N–H and O–H groups in total. The molecule has 6 heteroatoms. The quantitative estimate of drug-likeness (QED) is 0.532. The molecule has 0 aliphatic heterocycles. The molecule has 0 aliphatic rings. The maximum absolute atomic E-state index is 12.7. The van der Waals surface area contributed by atoms with Crippen LogP contribution in [0.15, 0.2) is 72.8 Å². The average molecular weight is 432 g/mol. The third-order valence-electron chi connectivity index (χ3n) is 5.34. The molecule has 0 aliphatic carbocycles. The van der Waals surface area contributed by atoms with Crippen molar-refractivity contribution in [3.05, 3.63) is 95.1 Å². The van der Waals surface area contributed by atoms with Gasteiger partial charge in [0.25, 0.3) is 5.91 Å². The van der Waals surface area contributed by atoms with Gasteiger partial charge in [-0.05, 0) is 80.2 Å². The molecule has 0 saturated carbocycles. The predicted molar refractivity (Wildman–Crippen MR) is 126 cm³/mol. The molecule has 0 radical (unpaired) electrons. The van der Waals surface area contributed by atoms with Crippen LogP contribution in [0, 0.1) is 0 Å². The topological polar surface area (TPSA) is 84.7 Å². The SMILES string of the molecule is CCc1ccc(C(CNC(=O)c2ccc(Oc3ccc(C(N)=O)cc3)cc2)N(C)C)cc1. The molecular formula is C26H29N3O3. The van der Waals surface area contributed by atoms with E-state index in [0.29, 0.717) is 29.2 Å². The normalized spacial score (nSPS) is 11.8. The van der Waals surface area contributed by atoms with Gasteiger partial charge < -0.3 is 20.7 Å². The second-order valence-corrected chi connectivity index (χ2v) is 7.80. The summed E-state index contributed by atoms with van der Waals surface area (Å²) < 4.78 is 5.76. The lowest BCUT2D eigenvalue weighted by molar-refractivity contribution is 0.0940. The molecule has 0 heterocycles. The van der Waals surface area contributed by atoms with Gasteiger partial charge in [-0.15, -0.1) is 0 Å². The zero-order valence-corrected chi connectivity index (χ0v) is 18.7. The summed E-state index contributed by atoms with van der Waals surface area (Å²) in [5.74, 6) is 0.548. The number of amides is 2. The number of nitrogens with zero attached hydrogens (tertiary/aromatic N) is 1. The van der Waals surface area contributed by atoms with E-state index in [1.165, 1.54) is 11.1 Å². The van der Waals surface area contributed by atoms with Crippen molar-refractivity contribution >= 4 is 11.8 Å². The number of carbonyl (C=O) groups excluding carboxylic acids is 2. The lowest BCUT2D eigenvalue weighted by atomic mass is 10.0. The molecule has 2 amide bonds. The summed E-state index contributed by atoms with van der Waals surface area (Å²) in [6, 6.07) is 22.1. The maximum Gasteiger partial charge on any atom is 0.251 e. The zero-order valence-electron chi connectivity index (χ0n) is 18.7. The van der Waals surface area contributed by atoms with Crippen LogP contribution < -0.4 is 15.8 Å². The molecule has 0 saturated heterocycles. The monoisotopic (exact) mass is 431 g/mol. The molecule has 1 unspecified atom stereocenters. The van der Waals surface area contributed by atoms with Crippen LogP contribution in [0.1, 0.15) is 44.8 Å². The first kappa shape index (κ1) is 23.0. The summed E-state index contributed by atoms with van der Waals surface area (Å²) in [5.41, 5.74) is 8.68. The number of hydrogen-bond donors (Lipinski definition) is 2. The molecule has 3 rings (SSSR count). The molecule has 1 atom stereocenters. The van der Waals surface area contributed by atoms with Crippen molar-refractivity contribution in [2.24, 2.45) is 5.73 Å². The number of carbonyl (C=O) groups is 2. The van der Waals surface area contributed by atoms with Gasteiger partial charge in [0.15, 0.2) is 0 Å². The highest BCUT2D eigenvalue weighted by molar-refractivity contribution is 5.94. The number of likely N-dealkylation sites (N-methyl/N-ethyl adjacent to an activating group) is 1. The van der Waals surface area contributed by atoms with Gasteiger partial charge in [0, 0.05) is 17.7 Å². The largest absolute Gasteiger partial charge is 0.457 e. The first-order valence-electron chi connectivity index (χ1n) is 10.6. The second-order valence-electron chi connectivity index (χ2n) is 7.80. The highest BCUT2D eigenvalue weighted by atomic mass is 16.5. The van der Waals surface area contributed by atoms with Gasteiger partial charge >= 0.3 is 0 Å². The van der Waals surface area contributed by atoms with Crippen molar-refractivity contribution in [3.8, 4) is 11.5 Å². The summed E-state index contributed by atoms with van der Waals surface area (Å²) in [6.07, 6.45) is 1.00. The molecule has 0 aromatic heterocycles. The lowest BCUT2D eigenvalue weighted by Gasteiger charge is -2.25. The molecule has 6 nitrogen and oxygen atoms in total. The third kappa shape index (κ3) is 5.95. The van der Waals surface area contributed by atoms with Crippen LogP contribution >= 0.6 is 0 Å². The number of hydrogen-bond acceptors (Lipinski definition) is 4. The van der Waals surface area contributed by atoms with E-state index in [1.807, 2.05) is 14.1 Å². The molecular weight excluding hydrogens is 402 g/mol. The molecule has 166 valence electrons. The van der Waals surface area contributed by atoms with Crippen molar-refractivity contribution in [2.45, 2.75) is 19.4 Å². The fraction of sp³-hybridized carbons (Fsp3) is 0.231. The number of nitrogens with two attached hydrogens (primary N) is 1. The van der Waals surface area contributed by atoms with Crippen molar-refractivity contribution in [2.75, 3.05) is 20.6 Å². The Kier molecular flexibility index (Phi) is 7.63. The average Bonchev–Trinajstić information content (AvgIpc) is 2.80. The van der Waals surface area contributed by atoms with E-state index >= 15 is 0 Å². The van der Waals surface area contributed by atoms with Crippen LogP contribution in [-0.4, -0.2) is 37.4 Å². The van der Waals surface area contributed by atoms with Gasteiger partial charge in [-0.3, -0.25) is 9.59 Å². The summed E-state index contributed by atoms with van der Waals surface area (Å²) in [4.78, 5) is 25.9. The summed E-state index contributed by atoms with van der Waals surface area (Å²) in [5, 5.41) is 3.03. The van der Waals surface area contributed by atoms with Crippen molar-refractivity contribution < 1.29 is 14.3 Å². The molecule has 3 aromatic carbocycles. The van der Waals surface area contributed by atoms with Gasteiger partial charge in [0.05, 0.1) is 6.04 Å². The van der Waals surface area contributed by atoms with Crippen LogP contribution in [0.2, 0.25) is 0 Å². The minimum absolute atomic E-state index is 0.0795. The second kappa shape index (κ2) is 10.6. The van der Waals surface area contributed by atoms with Gasteiger partial charge in [-0.1, -0.05) is 31.2 Å². The van der Waals surface area contributed by atoms with Gasteiger partial charge in [-0.2, -0.15) is 0 Å². The van der Waals surface area contributed by atoms with E-state index in [4.69, 9.17) is 10.5 Å². The summed E-state index contributed by atoms with van der Waals surface area (Å²) >= 11 is 0. The van der Waals surface area contributed by atoms with E-state index in [1.54, 1.807) is 48.5 Å². The molecule has 3 aromatic rings. The zero-order chi connectivity index (χ0) is 23.1. The number of benzene rings is 3. The smallest absolute Gasteiger partial charge is 0.251 e. The minimum Gasteiger partial charge on any atom is -0.457 e. The summed E-state index contributed by atoms with van der Waals surface area (Å²) in [6.45, 7) is 2.64. The van der Waals surface area contributed by atoms with Crippen LogP contribution in [0.5, 0.6) is 11.5 Å². The Morgan fingerprint density at radius 1 is 0.875 bits per heavy atom. The predicted octanol–water partition coefficient (Wildman–Crippen LogP) is 4.17. The van der Waals surface area contributed by atoms with Crippen LogP contribution in [0.25, 0.3) is 0 Å². The Hall–Kier alpha value is -3.64. The number of nitrogens with one attached hydrogen (secondary N) is 1. The maximum atomic E-state index is 12.7. The van der Waals surface area contributed by atoms with Gasteiger partial charge in [-0.25, -0.2) is 0 Å². The van der Waals surface area contributed by atoms with Crippen molar-refractivity contribution in [1.29, 1.82) is 0 Å². The number of rotatable bonds is 9. The fourth-order valence-corrected chi connectivity index (χ4v) is 3.36. The van der Waals surface area contributed by atoms with Crippen LogP contribution in [-0.2, 0) is 6.42 Å². The third-order valence-corrected chi connectivity index (χ3v) is 5.34. The van der Waals surface area contributed by atoms with Crippen LogP contribution in [0.4, 0.5) is 0 Å². The van der Waals surface area contributed by atoms with E-state index in [9.17, 15) is 9.59 Å². The van der Waals surface area contributed by atoms with Gasteiger partial charge in [0.2, 0.25) is 5.91 Å². The number of primary amides is 1. The van der Waals surface area contributed by atoms with E-state index in [2.05, 4.69) is 41.4 Å². The minimum atomic E-state index is -0.485. The van der Waals surface area contributed by atoms with Crippen molar-refractivity contribution in [1.82, 2.24) is 10.2 Å². The molecule has 0 fully saturated rings. The Labute approximate surface area is 189 Å². The standard InChI is InChI=1S/C26H29N3O3/c1-4-18-5-7-19(8-6-18)24(29(2)3)17-28-26(31)21-11-15-23(16-12-21)32-22-13-9-20(10-14-22)25(27)30/h5-16,24H,4,17H2,1-3H3,(H2,27,30)(H,28,31). The number of aryl methyl sites for hydroxylation is 1. The first-order chi connectivity index (χ1) is 15.4. The van der Waals surface area contributed by atoms with Crippen molar-refractivity contribution in [3.63, 3.8) is 0 Å². The summed E-state index contributed by atoms with van der Waals surface area (Å²) in [7, 11) is 4.01. The Morgan fingerprint density at radius 3 is 1.88 bits per heavy atom. The molecule has 0 spiro atoms. The Balaban J connectivity index is 1.60. The molecule has 32 heavy (non-hydrogen) atoms. The molecule has 0 bridgehead atoms. The fourth-order valence-electron chi connectivity index (χ4n) is 3.36. The Bertz CT molecular complexity index is 1040. The first-order valence-corrected chi connectivity index (χ1v) is 10.6. The van der Waals surface area contributed by atoms with E-state index < -0.39 is 5.91 Å². The highest BCUT2D eigenvalue weighted by Crippen LogP contribution is 2.22. The Morgan fingerprint density at radius 2 is 1.41 bits per heavy atom. The highest BCUT2D eigenvalue weighted by Gasteiger charge is 2.16. The van der Waals surface area contributed by atoms with E-state index in [-0.39, 0.29) is 11.9 Å². The number of ether oxygens (including phenoxy) is 1. The van der Waals surface area contributed by atoms with Crippen LogP contribution in [0.3, 0.4) is 0 Å². The lowest BCUT2D eigenvalue weighted by Crippen LogP contribution is -2.34. The van der Waals surface area contributed by atoms with Gasteiger partial charge in [0.1, 0.15) is 11.5 Å². The van der Waals surface area contributed by atoms with E-state index in [0.717, 1.165) is 6.42 Å².